The Balaban J connectivity index is 2.11. The zero-order valence-electron chi connectivity index (χ0n) is 11.1. The first-order chi connectivity index (χ1) is 10.1. The summed E-state index contributed by atoms with van der Waals surface area (Å²) in [6, 6.07) is 8.16. The second kappa shape index (κ2) is 6.51. The van der Waals surface area contributed by atoms with Gasteiger partial charge in [0.25, 0.3) is 5.91 Å². The predicted octanol–water partition coefficient (Wildman–Crippen LogP) is 1.64. The monoisotopic (exact) mass is 286 g/mol. The van der Waals surface area contributed by atoms with Gasteiger partial charge in [-0.3, -0.25) is 14.4 Å². The van der Waals surface area contributed by atoms with Gasteiger partial charge in [0.05, 0.1) is 0 Å². The van der Waals surface area contributed by atoms with Gasteiger partial charge in [-0.15, -0.1) is 0 Å². The van der Waals surface area contributed by atoms with Gasteiger partial charge in [-0.05, 0) is 24.1 Å². The van der Waals surface area contributed by atoms with Crippen molar-refractivity contribution in [3.05, 3.63) is 64.1 Å². The van der Waals surface area contributed by atoms with Crippen LogP contribution >= 0.6 is 0 Å². The molecule has 0 bridgehead atoms. The highest BCUT2D eigenvalue weighted by molar-refractivity contribution is 6.03. The van der Waals surface area contributed by atoms with Gasteiger partial charge >= 0.3 is 5.97 Å². The molecule has 1 aromatic carbocycles. The summed E-state index contributed by atoms with van der Waals surface area (Å²) < 4.78 is 0. The molecule has 1 aromatic heterocycles. The number of hydrogen-bond donors (Lipinski definition) is 3. The van der Waals surface area contributed by atoms with E-state index in [9.17, 15) is 14.4 Å². The molecule has 6 heteroatoms. The summed E-state index contributed by atoms with van der Waals surface area (Å²) in [5, 5.41) is 11.3. The number of nitrogens with one attached hydrogen (secondary N) is 2. The van der Waals surface area contributed by atoms with Gasteiger partial charge in [-0.1, -0.05) is 12.1 Å². The van der Waals surface area contributed by atoms with Gasteiger partial charge in [0.1, 0.15) is 5.56 Å². The highest BCUT2D eigenvalue weighted by atomic mass is 16.4. The molecule has 0 spiro atoms. The maximum Gasteiger partial charge on any atom is 0.303 e. The number of aliphatic carboxylic acids is 1. The van der Waals surface area contributed by atoms with E-state index in [0.717, 1.165) is 5.56 Å². The first-order valence-electron chi connectivity index (χ1n) is 6.35. The molecule has 0 saturated heterocycles. The average Bonchev–Trinajstić information content (AvgIpc) is 2.46. The standard InChI is InChI=1S/C15H14N2O4/c18-13-6-7-16-9-12(13)15(21)17-11-3-1-2-10(8-11)4-5-14(19)20/h1-3,6-9H,4-5H2,(H,16,18)(H,17,21)(H,19,20). The Morgan fingerprint density at radius 3 is 2.76 bits per heavy atom. The van der Waals surface area contributed by atoms with Crippen molar-refractivity contribution in [3.63, 3.8) is 0 Å². The van der Waals surface area contributed by atoms with Crippen molar-refractivity contribution in [1.29, 1.82) is 0 Å². The van der Waals surface area contributed by atoms with Gasteiger partial charge in [-0.25, -0.2) is 0 Å². The van der Waals surface area contributed by atoms with E-state index in [2.05, 4.69) is 10.3 Å². The Bertz CT molecular complexity index is 721. The minimum absolute atomic E-state index is 0.0217. The zero-order chi connectivity index (χ0) is 15.2. The third kappa shape index (κ3) is 4.04. The summed E-state index contributed by atoms with van der Waals surface area (Å²) in [5.74, 6) is -1.38. The normalized spacial score (nSPS) is 10.1. The molecule has 3 N–H and O–H groups in total. The molecule has 21 heavy (non-hydrogen) atoms. The van der Waals surface area contributed by atoms with Crippen LogP contribution < -0.4 is 10.7 Å². The summed E-state index contributed by atoms with van der Waals surface area (Å²) in [7, 11) is 0. The molecule has 2 rings (SSSR count). The molecule has 0 aliphatic heterocycles. The summed E-state index contributed by atoms with van der Waals surface area (Å²) in [5.41, 5.74) is 0.977. The second-order valence-electron chi connectivity index (χ2n) is 4.47. The highest BCUT2D eigenvalue weighted by Crippen LogP contribution is 2.13. The van der Waals surface area contributed by atoms with Crippen LogP contribution in [0.15, 0.2) is 47.5 Å². The molecule has 0 fully saturated rings. The van der Waals surface area contributed by atoms with Crippen molar-refractivity contribution >= 4 is 17.6 Å². The van der Waals surface area contributed by atoms with Gasteiger partial charge in [0, 0.05) is 30.6 Å². The van der Waals surface area contributed by atoms with Crippen LogP contribution in [0.4, 0.5) is 5.69 Å². The number of hydrogen-bond acceptors (Lipinski definition) is 3. The minimum atomic E-state index is -0.875. The molecule has 0 atom stereocenters. The number of carbonyl (C=O) groups is 2. The smallest absolute Gasteiger partial charge is 0.303 e. The average molecular weight is 286 g/mol. The molecule has 0 aliphatic rings. The van der Waals surface area contributed by atoms with Crippen LogP contribution in [0.5, 0.6) is 0 Å². The number of benzene rings is 1. The number of rotatable bonds is 5. The number of H-pyrrole nitrogens is 1. The van der Waals surface area contributed by atoms with E-state index in [1.165, 1.54) is 18.5 Å². The van der Waals surface area contributed by atoms with Crippen molar-refractivity contribution < 1.29 is 14.7 Å². The second-order valence-corrected chi connectivity index (χ2v) is 4.47. The van der Waals surface area contributed by atoms with Crippen molar-refractivity contribution in [2.45, 2.75) is 12.8 Å². The van der Waals surface area contributed by atoms with Crippen molar-refractivity contribution in [1.82, 2.24) is 4.98 Å². The lowest BCUT2D eigenvalue weighted by molar-refractivity contribution is -0.136. The van der Waals surface area contributed by atoms with Crippen molar-refractivity contribution in [2.24, 2.45) is 0 Å². The fourth-order valence-electron chi connectivity index (χ4n) is 1.85. The lowest BCUT2D eigenvalue weighted by Gasteiger charge is -2.06. The van der Waals surface area contributed by atoms with E-state index in [0.29, 0.717) is 12.1 Å². The number of anilines is 1. The number of carboxylic acids is 1. The third-order valence-electron chi connectivity index (χ3n) is 2.88. The van der Waals surface area contributed by atoms with Crippen LogP contribution in [-0.2, 0) is 11.2 Å². The van der Waals surface area contributed by atoms with Crippen LogP contribution in [0.2, 0.25) is 0 Å². The summed E-state index contributed by atoms with van der Waals surface area (Å²) >= 11 is 0. The van der Waals surface area contributed by atoms with Crippen molar-refractivity contribution in [2.75, 3.05) is 5.32 Å². The molecule has 0 unspecified atom stereocenters. The van der Waals surface area contributed by atoms with Gasteiger partial charge in [-0.2, -0.15) is 0 Å². The van der Waals surface area contributed by atoms with Gasteiger partial charge < -0.3 is 15.4 Å². The molecule has 0 saturated carbocycles. The molecule has 0 aliphatic carbocycles. The number of carboxylic acid groups (broad SMARTS) is 1. The van der Waals surface area contributed by atoms with E-state index < -0.39 is 11.9 Å². The SMILES string of the molecule is O=C(O)CCc1cccc(NC(=O)c2c[nH]ccc2=O)c1. The Labute approximate surface area is 120 Å². The van der Waals surface area contributed by atoms with E-state index >= 15 is 0 Å². The molecular weight excluding hydrogens is 272 g/mol. The molecule has 0 radical (unpaired) electrons. The molecular formula is C15H14N2O4. The fourth-order valence-corrected chi connectivity index (χ4v) is 1.85. The zero-order valence-corrected chi connectivity index (χ0v) is 11.1. The quantitative estimate of drug-likeness (QED) is 0.778. The van der Waals surface area contributed by atoms with Gasteiger partial charge in [0.15, 0.2) is 5.43 Å². The first-order valence-corrected chi connectivity index (χ1v) is 6.35. The molecule has 1 heterocycles. The van der Waals surface area contributed by atoms with Crippen LogP contribution in [0, 0.1) is 0 Å². The van der Waals surface area contributed by atoms with E-state index in [1.807, 2.05) is 0 Å². The predicted molar refractivity (Wildman–Crippen MR) is 77.4 cm³/mol. The third-order valence-corrected chi connectivity index (χ3v) is 2.88. The Morgan fingerprint density at radius 1 is 1.24 bits per heavy atom. The molecule has 6 nitrogen and oxygen atoms in total. The largest absolute Gasteiger partial charge is 0.481 e. The Kier molecular flexibility index (Phi) is 4.50. The van der Waals surface area contributed by atoms with Crippen LogP contribution in [0.1, 0.15) is 22.3 Å². The van der Waals surface area contributed by atoms with Crippen LogP contribution in [0.25, 0.3) is 0 Å². The number of aromatic nitrogens is 1. The number of aryl methyl sites for hydroxylation is 1. The summed E-state index contributed by atoms with van der Waals surface area (Å²) in [6.07, 6.45) is 3.19. The summed E-state index contributed by atoms with van der Waals surface area (Å²) in [4.78, 5) is 36.8. The van der Waals surface area contributed by atoms with E-state index in [-0.39, 0.29) is 17.4 Å². The number of amides is 1. The Hall–Kier alpha value is -2.89. The minimum Gasteiger partial charge on any atom is -0.481 e. The molecule has 108 valence electrons. The molecule has 2 aromatic rings. The fraction of sp³-hybridized carbons (Fsp3) is 0.133. The lowest BCUT2D eigenvalue weighted by atomic mass is 10.1. The Morgan fingerprint density at radius 2 is 2.05 bits per heavy atom. The van der Waals surface area contributed by atoms with Crippen molar-refractivity contribution in [3.8, 4) is 0 Å². The van der Waals surface area contributed by atoms with Gasteiger partial charge in [0.2, 0.25) is 0 Å². The molecule has 1 amide bonds. The maximum atomic E-state index is 12.0. The lowest BCUT2D eigenvalue weighted by Crippen LogP contribution is -2.20. The summed E-state index contributed by atoms with van der Waals surface area (Å²) in [6.45, 7) is 0. The van der Waals surface area contributed by atoms with E-state index in [1.54, 1.807) is 24.3 Å². The maximum absolute atomic E-state index is 12.0. The topological polar surface area (TPSA) is 99.3 Å². The van der Waals surface area contributed by atoms with Crippen LogP contribution in [-0.4, -0.2) is 22.0 Å². The number of pyridine rings is 1. The van der Waals surface area contributed by atoms with Crippen LogP contribution in [0.3, 0.4) is 0 Å². The number of carbonyl (C=O) groups excluding carboxylic acids is 1. The van der Waals surface area contributed by atoms with E-state index in [4.69, 9.17) is 5.11 Å². The number of aromatic amines is 1. The highest BCUT2D eigenvalue weighted by Gasteiger charge is 2.10. The first kappa shape index (κ1) is 14.5.